The number of hydrogen-bond donors (Lipinski definition) is 2. The molecule has 0 spiro atoms. The molecule has 8 heteroatoms. The summed E-state index contributed by atoms with van der Waals surface area (Å²) in [5.41, 5.74) is 2.54. The van der Waals surface area contributed by atoms with E-state index in [1.807, 2.05) is 18.2 Å². The minimum Gasteiger partial charge on any atom is -0.383 e. The fourth-order valence-corrected chi connectivity index (χ4v) is 3.21. The fourth-order valence-electron chi connectivity index (χ4n) is 2.73. The molecule has 0 aliphatic carbocycles. The maximum absolute atomic E-state index is 12.7. The van der Waals surface area contributed by atoms with Gasteiger partial charge in [0, 0.05) is 36.7 Å². The Hall–Kier alpha value is -2.93. The van der Waals surface area contributed by atoms with Crippen molar-refractivity contribution in [1.29, 1.82) is 0 Å². The first kappa shape index (κ1) is 21.8. The van der Waals surface area contributed by atoms with Gasteiger partial charge in [0.15, 0.2) is 0 Å². The number of benzene rings is 2. The summed E-state index contributed by atoms with van der Waals surface area (Å²) in [6.07, 6.45) is 1.67. The van der Waals surface area contributed by atoms with Crippen LogP contribution in [0.15, 0.2) is 60.8 Å². The van der Waals surface area contributed by atoms with Crippen LogP contribution in [0.1, 0.15) is 20.7 Å². The van der Waals surface area contributed by atoms with E-state index in [2.05, 4.69) is 15.6 Å². The number of methoxy groups -OCH3 is 1. The Balaban J connectivity index is 1.76. The average Bonchev–Trinajstić information content (AvgIpc) is 2.75. The van der Waals surface area contributed by atoms with Gasteiger partial charge >= 0.3 is 0 Å². The third-order valence-corrected chi connectivity index (χ3v) is 4.88. The quantitative estimate of drug-likeness (QED) is 0.519. The van der Waals surface area contributed by atoms with Crippen molar-refractivity contribution in [2.75, 3.05) is 25.6 Å². The SMILES string of the molecule is COCCNC(=O)c1ccc(C(=O)Nc2ccc(Cl)c(-c3ccccn3)c2)c(Cl)c1. The molecule has 0 aliphatic rings. The van der Waals surface area contributed by atoms with Gasteiger partial charge in [0.2, 0.25) is 0 Å². The molecule has 3 aromatic rings. The van der Waals surface area contributed by atoms with Crippen LogP contribution in [0.25, 0.3) is 11.3 Å². The zero-order chi connectivity index (χ0) is 21.5. The molecule has 154 valence electrons. The van der Waals surface area contributed by atoms with E-state index < -0.39 is 5.91 Å². The van der Waals surface area contributed by atoms with Crippen LogP contribution in [-0.4, -0.2) is 37.1 Å². The predicted molar refractivity (Wildman–Crippen MR) is 118 cm³/mol. The Labute approximate surface area is 184 Å². The largest absolute Gasteiger partial charge is 0.383 e. The predicted octanol–water partition coefficient (Wildman–Crippen LogP) is 4.68. The van der Waals surface area contributed by atoms with Gasteiger partial charge in [-0.15, -0.1) is 0 Å². The summed E-state index contributed by atoms with van der Waals surface area (Å²) in [6, 6.07) is 15.1. The summed E-state index contributed by atoms with van der Waals surface area (Å²) in [5.74, 6) is -0.695. The molecule has 1 heterocycles. The van der Waals surface area contributed by atoms with E-state index in [1.165, 1.54) is 12.1 Å². The van der Waals surface area contributed by atoms with Crippen molar-refractivity contribution in [2.24, 2.45) is 0 Å². The Morgan fingerprint density at radius 1 is 1.00 bits per heavy atom. The van der Waals surface area contributed by atoms with Crippen molar-refractivity contribution >= 4 is 40.7 Å². The molecule has 0 saturated heterocycles. The molecule has 0 unspecified atom stereocenters. The standard InChI is InChI=1S/C22H19Cl2N3O3/c1-30-11-10-26-21(28)14-5-7-16(19(24)12-14)22(29)27-15-6-8-18(23)17(13-15)20-4-2-3-9-25-20/h2-9,12-13H,10-11H2,1H3,(H,26,28)(H,27,29). The highest BCUT2D eigenvalue weighted by Gasteiger charge is 2.15. The van der Waals surface area contributed by atoms with Gasteiger partial charge in [0.25, 0.3) is 11.8 Å². The molecule has 0 fully saturated rings. The summed E-state index contributed by atoms with van der Waals surface area (Å²) in [4.78, 5) is 29.1. The van der Waals surface area contributed by atoms with Gasteiger partial charge in [-0.1, -0.05) is 29.3 Å². The first-order chi connectivity index (χ1) is 14.5. The summed E-state index contributed by atoms with van der Waals surface area (Å²) < 4.78 is 4.90. The number of carbonyl (C=O) groups excluding carboxylic acids is 2. The summed E-state index contributed by atoms with van der Waals surface area (Å²) in [6.45, 7) is 0.784. The maximum atomic E-state index is 12.7. The van der Waals surface area contributed by atoms with Crippen molar-refractivity contribution in [3.63, 3.8) is 0 Å². The lowest BCUT2D eigenvalue weighted by Gasteiger charge is -2.11. The molecule has 2 amide bonds. The molecule has 0 atom stereocenters. The van der Waals surface area contributed by atoms with Gasteiger partial charge in [0.1, 0.15) is 0 Å². The smallest absolute Gasteiger partial charge is 0.257 e. The van der Waals surface area contributed by atoms with Gasteiger partial charge in [-0.2, -0.15) is 0 Å². The molecule has 0 saturated carbocycles. The molecular formula is C22H19Cl2N3O3. The van der Waals surface area contributed by atoms with Crippen molar-refractivity contribution < 1.29 is 14.3 Å². The number of ether oxygens (including phenoxy) is 1. The van der Waals surface area contributed by atoms with E-state index in [4.69, 9.17) is 27.9 Å². The zero-order valence-corrected chi connectivity index (χ0v) is 17.6. The van der Waals surface area contributed by atoms with Crippen LogP contribution in [0.2, 0.25) is 10.0 Å². The lowest BCUT2D eigenvalue weighted by molar-refractivity contribution is 0.0935. The average molecular weight is 444 g/mol. The van der Waals surface area contributed by atoms with Gasteiger partial charge < -0.3 is 15.4 Å². The van der Waals surface area contributed by atoms with E-state index in [1.54, 1.807) is 37.6 Å². The molecule has 30 heavy (non-hydrogen) atoms. The van der Waals surface area contributed by atoms with Crippen LogP contribution >= 0.6 is 23.2 Å². The molecule has 1 aromatic heterocycles. The highest BCUT2D eigenvalue weighted by atomic mass is 35.5. The number of carbonyl (C=O) groups is 2. The van der Waals surface area contributed by atoms with Gasteiger partial charge in [-0.05, 0) is 48.5 Å². The lowest BCUT2D eigenvalue weighted by Crippen LogP contribution is -2.27. The minimum atomic E-state index is -0.402. The van der Waals surface area contributed by atoms with E-state index >= 15 is 0 Å². The summed E-state index contributed by atoms with van der Waals surface area (Å²) in [5, 5.41) is 6.20. The molecule has 0 radical (unpaired) electrons. The van der Waals surface area contributed by atoms with Gasteiger partial charge in [-0.25, -0.2) is 0 Å². The summed E-state index contributed by atoms with van der Waals surface area (Å²) >= 11 is 12.5. The number of nitrogens with one attached hydrogen (secondary N) is 2. The van der Waals surface area contributed by atoms with Crippen LogP contribution < -0.4 is 10.6 Å². The number of amides is 2. The van der Waals surface area contributed by atoms with E-state index in [-0.39, 0.29) is 16.5 Å². The van der Waals surface area contributed by atoms with Gasteiger partial charge in [-0.3, -0.25) is 14.6 Å². The Bertz CT molecular complexity index is 1060. The fraction of sp³-hybridized carbons (Fsp3) is 0.136. The van der Waals surface area contributed by atoms with Crippen LogP contribution in [0.5, 0.6) is 0 Å². The van der Waals surface area contributed by atoms with Crippen LogP contribution in [-0.2, 0) is 4.74 Å². The highest BCUT2D eigenvalue weighted by Crippen LogP contribution is 2.29. The Morgan fingerprint density at radius 2 is 1.83 bits per heavy atom. The molecule has 6 nitrogen and oxygen atoms in total. The molecular weight excluding hydrogens is 425 g/mol. The monoisotopic (exact) mass is 443 g/mol. The number of anilines is 1. The van der Waals surface area contributed by atoms with Crippen molar-refractivity contribution in [3.05, 3.63) is 82.0 Å². The van der Waals surface area contributed by atoms with E-state index in [0.29, 0.717) is 40.7 Å². The number of rotatable bonds is 7. The number of aromatic nitrogens is 1. The zero-order valence-electron chi connectivity index (χ0n) is 16.1. The molecule has 0 bridgehead atoms. The van der Waals surface area contributed by atoms with Crippen LogP contribution in [0.4, 0.5) is 5.69 Å². The topological polar surface area (TPSA) is 80.3 Å². The maximum Gasteiger partial charge on any atom is 0.257 e. The third-order valence-electron chi connectivity index (χ3n) is 4.23. The second kappa shape index (κ2) is 10.2. The van der Waals surface area contributed by atoms with Crippen LogP contribution in [0.3, 0.4) is 0 Å². The normalized spacial score (nSPS) is 10.5. The van der Waals surface area contributed by atoms with Gasteiger partial charge in [0.05, 0.1) is 27.9 Å². The van der Waals surface area contributed by atoms with Crippen LogP contribution in [0, 0.1) is 0 Å². The lowest BCUT2D eigenvalue weighted by atomic mass is 10.1. The van der Waals surface area contributed by atoms with Crippen molar-refractivity contribution in [2.45, 2.75) is 0 Å². The number of pyridine rings is 1. The van der Waals surface area contributed by atoms with Crippen molar-refractivity contribution in [3.8, 4) is 11.3 Å². The Morgan fingerprint density at radius 3 is 2.53 bits per heavy atom. The molecule has 3 rings (SSSR count). The minimum absolute atomic E-state index is 0.172. The molecule has 2 aromatic carbocycles. The second-order valence-electron chi connectivity index (χ2n) is 6.31. The third kappa shape index (κ3) is 5.36. The van der Waals surface area contributed by atoms with E-state index in [0.717, 1.165) is 0 Å². The Kier molecular flexibility index (Phi) is 7.41. The number of halogens is 2. The summed E-state index contributed by atoms with van der Waals surface area (Å²) in [7, 11) is 1.55. The first-order valence-corrected chi connectivity index (χ1v) is 9.84. The van der Waals surface area contributed by atoms with Crippen molar-refractivity contribution in [1.82, 2.24) is 10.3 Å². The second-order valence-corrected chi connectivity index (χ2v) is 7.12. The number of hydrogen-bond acceptors (Lipinski definition) is 4. The highest BCUT2D eigenvalue weighted by molar-refractivity contribution is 6.35. The molecule has 2 N–H and O–H groups in total. The van der Waals surface area contributed by atoms with E-state index in [9.17, 15) is 9.59 Å². The molecule has 0 aliphatic heterocycles. The number of nitrogens with zero attached hydrogens (tertiary/aromatic N) is 1. The first-order valence-electron chi connectivity index (χ1n) is 9.08.